The molecule has 0 amide bonds. The van der Waals surface area contributed by atoms with Gasteiger partial charge in [-0.15, -0.1) is 0 Å². The fraction of sp³-hybridized carbons (Fsp3) is 0.857. The summed E-state index contributed by atoms with van der Waals surface area (Å²) in [5.74, 6) is 1.76. The molecule has 0 saturated carbocycles. The van der Waals surface area contributed by atoms with Gasteiger partial charge in [0.15, 0.2) is 0 Å². The van der Waals surface area contributed by atoms with Gasteiger partial charge in [-0.1, -0.05) is 27.2 Å². The largest absolute Gasteiger partial charge is 0.306 e. The van der Waals surface area contributed by atoms with Crippen molar-refractivity contribution in [1.29, 1.82) is 0 Å². The van der Waals surface area contributed by atoms with Crippen LogP contribution in [0.15, 0.2) is 9.98 Å². The third kappa shape index (κ3) is 4.58. The van der Waals surface area contributed by atoms with E-state index >= 15 is 0 Å². The highest BCUT2D eigenvalue weighted by molar-refractivity contribution is 6.04. The van der Waals surface area contributed by atoms with Crippen LogP contribution >= 0.6 is 0 Å². The van der Waals surface area contributed by atoms with Crippen molar-refractivity contribution >= 4 is 11.5 Å². The second-order valence-corrected chi connectivity index (χ2v) is 4.97. The Balaban J connectivity index is 0.000000437. The average molecular weight is 237 g/mol. The van der Waals surface area contributed by atoms with Crippen LogP contribution in [0.3, 0.4) is 0 Å². The number of likely N-dealkylation sites (tertiary alicyclic amines) is 1. The zero-order chi connectivity index (χ0) is 12.7. The summed E-state index contributed by atoms with van der Waals surface area (Å²) < 4.78 is 0. The molecule has 0 aliphatic carbocycles. The predicted octanol–water partition coefficient (Wildman–Crippen LogP) is 3.01. The van der Waals surface area contributed by atoms with E-state index in [1.807, 2.05) is 0 Å². The molecule has 3 heteroatoms. The molecule has 0 spiro atoms. The predicted molar refractivity (Wildman–Crippen MR) is 76.2 cm³/mol. The molecule has 0 aromatic heterocycles. The summed E-state index contributed by atoms with van der Waals surface area (Å²) in [5, 5.41) is 0. The molecule has 2 heterocycles. The molecule has 0 unspecified atom stereocenters. The van der Waals surface area contributed by atoms with Gasteiger partial charge < -0.3 is 4.90 Å². The van der Waals surface area contributed by atoms with E-state index in [-0.39, 0.29) is 0 Å². The van der Waals surface area contributed by atoms with Crippen LogP contribution in [0.1, 0.15) is 46.5 Å². The van der Waals surface area contributed by atoms with Crippen LogP contribution in [-0.4, -0.2) is 43.1 Å². The summed E-state index contributed by atoms with van der Waals surface area (Å²) in [7, 11) is 2.20. The van der Waals surface area contributed by atoms with Crippen molar-refractivity contribution in [2.75, 3.05) is 26.7 Å². The highest BCUT2D eigenvalue weighted by Gasteiger charge is 2.23. The molecule has 0 radical (unpaired) electrons. The van der Waals surface area contributed by atoms with Crippen molar-refractivity contribution in [2.45, 2.75) is 46.5 Å². The quantitative estimate of drug-likeness (QED) is 0.725. The van der Waals surface area contributed by atoms with Gasteiger partial charge in [0.05, 0.1) is 6.54 Å². The highest BCUT2D eigenvalue weighted by atomic mass is 15.1. The first-order valence-corrected chi connectivity index (χ1v) is 7.00. The minimum atomic E-state index is 0.707. The van der Waals surface area contributed by atoms with E-state index in [1.54, 1.807) is 0 Å². The first-order chi connectivity index (χ1) is 8.21. The van der Waals surface area contributed by atoms with Crippen molar-refractivity contribution in [3.8, 4) is 0 Å². The molecular weight excluding hydrogens is 210 g/mol. The maximum Gasteiger partial charge on any atom is 0.123 e. The van der Waals surface area contributed by atoms with E-state index < -0.39 is 0 Å². The Morgan fingerprint density at radius 3 is 2.24 bits per heavy atom. The topological polar surface area (TPSA) is 28.0 Å². The van der Waals surface area contributed by atoms with Crippen LogP contribution < -0.4 is 0 Å². The molecule has 98 valence electrons. The number of nitrogens with zero attached hydrogens (tertiary/aromatic N) is 3. The molecule has 0 aromatic carbocycles. The summed E-state index contributed by atoms with van der Waals surface area (Å²) in [4.78, 5) is 11.4. The molecule has 3 nitrogen and oxygen atoms in total. The highest BCUT2D eigenvalue weighted by Crippen LogP contribution is 2.20. The van der Waals surface area contributed by atoms with Gasteiger partial charge in [-0.25, -0.2) is 4.99 Å². The lowest BCUT2D eigenvalue weighted by Gasteiger charge is -2.28. The summed E-state index contributed by atoms with van der Waals surface area (Å²) >= 11 is 0. The fourth-order valence-electron chi connectivity index (χ4n) is 2.16. The van der Waals surface area contributed by atoms with Crippen LogP contribution in [-0.2, 0) is 0 Å². The zero-order valence-corrected chi connectivity index (χ0v) is 11.9. The van der Waals surface area contributed by atoms with Crippen molar-refractivity contribution in [3.05, 3.63) is 0 Å². The smallest absolute Gasteiger partial charge is 0.123 e. The molecule has 0 N–H and O–H groups in total. The first kappa shape index (κ1) is 14.4. The van der Waals surface area contributed by atoms with Gasteiger partial charge in [-0.3, -0.25) is 4.99 Å². The van der Waals surface area contributed by atoms with Crippen LogP contribution in [0, 0.1) is 5.92 Å². The molecule has 2 aliphatic heterocycles. The van der Waals surface area contributed by atoms with E-state index in [9.17, 15) is 0 Å². The summed E-state index contributed by atoms with van der Waals surface area (Å²) in [6.07, 6.45) is 4.76. The standard InChI is InChI=1S/C11H19N3.C3H8/c1-3-11-12-8-10(13-11)9-4-6-14(2)7-5-9;1-3-2/h9H,3-8H2,1-2H3;3H2,1-2H3. The molecule has 1 saturated heterocycles. The van der Waals surface area contributed by atoms with Gasteiger partial charge in [0.25, 0.3) is 0 Å². The Hall–Kier alpha value is -0.700. The van der Waals surface area contributed by atoms with Crippen molar-refractivity contribution in [3.63, 3.8) is 0 Å². The van der Waals surface area contributed by atoms with Gasteiger partial charge in [0.1, 0.15) is 5.84 Å². The third-order valence-corrected chi connectivity index (χ3v) is 3.20. The van der Waals surface area contributed by atoms with Gasteiger partial charge >= 0.3 is 0 Å². The molecular formula is C14H27N3. The number of amidine groups is 1. The van der Waals surface area contributed by atoms with Crippen LogP contribution in [0.2, 0.25) is 0 Å². The molecule has 1 fully saturated rings. The molecule has 17 heavy (non-hydrogen) atoms. The average Bonchev–Trinajstić information content (AvgIpc) is 2.80. The molecule has 2 rings (SSSR count). The maximum absolute atomic E-state index is 4.60. The Kier molecular flexibility index (Phi) is 6.41. The van der Waals surface area contributed by atoms with Gasteiger partial charge in [-0.2, -0.15) is 0 Å². The second kappa shape index (κ2) is 7.59. The maximum atomic E-state index is 4.60. The van der Waals surface area contributed by atoms with Crippen LogP contribution in [0.5, 0.6) is 0 Å². The monoisotopic (exact) mass is 237 g/mol. The lowest BCUT2D eigenvalue weighted by Crippen LogP contribution is -2.34. The van der Waals surface area contributed by atoms with E-state index in [4.69, 9.17) is 0 Å². The van der Waals surface area contributed by atoms with Crippen molar-refractivity contribution < 1.29 is 0 Å². The van der Waals surface area contributed by atoms with Crippen LogP contribution in [0.4, 0.5) is 0 Å². The van der Waals surface area contributed by atoms with Crippen molar-refractivity contribution in [2.24, 2.45) is 15.9 Å². The Labute approximate surface area is 106 Å². The van der Waals surface area contributed by atoms with Gasteiger partial charge in [0.2, 0.25) is 0 Å². The first-order valence-electron chi connectivity index (χ1n) is 7.00. The Morgan fingerprint density at radius 2 is 1.76 bits per heavy atom. The Morgan fingerprint density at radius 1 is 1.18 bits per heavy atom. The van der Waals surface area contributed by atoms with E-state index in [0.717, 1.165) is 18.8 Å². The molecule has 0 bridgehead atoms. The molecule has 0 aromatic rings. The minimum Gasteiger partial charge on any atom is -0.306 e. The minimum absolute atomic E-state index is 0.707. The van der Waals surface area contributed by atoms with E-state index in [0.29, 0.717) is 5.92 Å². The van der Waals surface area contributed by atoms with Crippen LogP contribution in [0.25, 0.3) is 0 Å². The summed E-state index contributed by atoms with van der Waals surface area (Å²) in [6.45, 7) is 9.67. The number of hydrogen-bond donors (Lipinski definition) is 0. The molecule has 0 atom stereocenters. The lowest BCUT2D eigenvalue weighted by atomic mass is 9.92. The van der Waals surface area contributed by atoms with Gasteiger partial charge in [-0.05, 0) is 33.0 Å². The number of piperidine rings is 1. The lowest BCUT2D eigenvalue weighted by molar-refractivity contribution is 0.251. The van der Waals surface area contributed by atoms with E-state index in [2.05, 4.69) is 42.7 Å². The summed E-state index contributed by atoms with van der Waals surface area (Å²) in [6, 6.07) is 0. The SMILES string of the molecule is CCC.CCC1=NCC(C2CCN(C)CC2)=N1. The van der Waals surface area contributed by atoms with Gasteiger partial charge in [0, 0.05) is 18.1 Å². The molecule has 2 aliphatic rings. The van der Waals surface area contributed by atoms with Crippen molar-refractivity contribution in [1.82, 2.24) is 4.90 Å². The zero-order valence-electron chi connectivity index (χ0n) is 11.9. The number of aliphatic imine (C=N–C) groups is 2. The number of hydrogen-bond acceptors (Lipinski definition) is 3. The van der Waals surface area contributed by atoms with E-state index in [1.165, 1.54) is 38.1 Å². The Bertz CT molecular complexity index is 273. The second-order valence-electron chi connectivity index (χ2n) is 4.97. The fourth-order valence-corrected chi connectivity index (χ4v) is 2.16. The normalized spacial score (nSPS) is 21.6. The number of rotatable bonds is 2. The third-order valence-electron chi connectivity index (χ3n) is 3.20. The summed E-state index contributed by atoms with van der Waals surface area (Å²) in [5.41, 5.74) is 1.34.